The second-order valence-electron chi connectivity index (χ2n) is 5.56. The van der Waals surface area contributed by atoms with Crippen molar-refractivity contribution in [2.24, 2.45) is 0 Å². The molecule has 0 radical (unpaired) electrons. The Balaban J connectivity index is 1.99. The highest BCUT2D eigenvalue weighted by Gasteiger charge is 2.44. The van der Waals surface area contributed by atoms with Crippen LogP contribution in [0.25, 0.3) is 0 Å². The minimum atomic E-state index is -0.979. The number of hydrogen-bond acceptors (Lipinski definition) is 2. The summed E-state index contributed by atoms with van der Waals surface area (Å²) in [5.41, 5.74) is 0.504. The Morgan fingerprint density at radius 2 is 1.94 bits per heavy atom. The minimum Gasteiger partial charge on any atom is -0.385 e. The van der Waals surface area contributed by atoms with Gasteiger partial charge in [-0.3, -0.25) is 0 Å². The van der Waals surface area contributed by atoms with Gasteiger partial charge in [0, 0.05) is 17.6 Å². The maximum absolute atomic E-state index is 13.9. The molecule has 0 saturated carbocycles. The van der Waals surface area contributed by atoms with Crippen molar-refractivity contribution in [1.82, 2.24) is 5.32 Å². The van der Waals surface area contributed by atoms with Gasteiger partial charge in [0.2, 0.25) is 0 Å². The molecule has 2 atom stereocenters. The van der Waals surface area contributed by atoms with E-state index in [-0.39, 0.29) is 5.82 Å². The average molecular weight is 235 g/mol. The fourth-order valence-corrected chi connectivity index (χ4v) is 3.34. The molecule has 1 aromatic rings. The second kappa shape index (κ2) is 3.79. The van der Waals surface area contributed by atoms with Crippen LogP contribution < -0.4 is 5.32 Å². The van der Waals surface area contributed by atoms with Crippen LogP contribution in [0.15, 0.2) is 18.2 Å². The number of nitrogens with one attached hydrogen (secondary N) is 1. The Bertz CT molecular complexity index is 434. The molecule has 17 heavy (non-hydrogen) atoms. The molecule has 0 aromatic heterocycles. The van der Waals surface area contributed by atoms with Crippen molar-refractivity contribution >= 4 is 0 Å². The molecular formula is C14H18FNO. The van der Waals surface area contributed by atoms with Gasteiger partial charge in [-0.05, 0) is 38.7 Å². The first-order valence-electron chi connectivity index (χ1n) is 6.32. The van der Waals surface area contributed by atoms with Crippen LogP contribution in [0, 0.1) is 12.7 Å². The third-order valence-electron chi connectivity index (χ3n) is 4.13. The molecule has 2 unspecified atom stereocenters. The van der Waals surface area contributed by atoms with Crippen LogP contribution in [0.3, 0.4) is 0 Å². The molecular weight excluding hydrogens is 217 g/mol. The normalized spacial score (nSPS) is 36.2. The lowest BCUT2D eigenvalue weighted by atomic mass is 9.81. The zero-order valence-electron chi connectivity index (χ0n) is 10.0. The Morgan fingerprint density at radius 3 is 2.59 bits per heavy atom. The minimum absolute atomic E-state index is 0.278. The summed E-state index contributed by atoms with van der Waals surface area (Å²) in [7, 11) is 0. The molecule has 2 aliphatic rings. The molecule has 2 nitrogen and oxygen atoms in total. The van der Waals surface area contributed by atoms with E-state index in [1.807, 2.05) is 6.92 Å². The molecule has 1 aromatic carbocycles. The van der Waals surface area contributed by atoms with E-state index in [2.05, 4.69) is 5.32 Å². The lowest BCUT2D eigenvalue weighted by Gasteiger charge is -2.37. The van der Waals surface area contributed by atoms with Crippen LogP contribution in [0.2, 0.25) is 0 Å². The van der Waals surface area contributed by atoms with Crippen molar-refractivity contribution < 1.29 is 9.50 Å². The fourth-order valence-electron chi connectivity index (χ4n) is 3.34. The van der Waals surface area contributed by atoms with Gasteiger partial charge in [-0.1, -0.05) is 17.7 Å². The zero-order chi connectivity index (χ0) is 12.0. The summed E-state index contributed by atoms with van der Waals surface area (Å²) in [4.78, 5) is 0. The molecule has 92 valence electrons. The predicted octanol–water partition coefficient (Wildman–Crippen LogP) is 2.24. The van der Waals surface area contributed by atoms with Crippen molar-refractivity contribution in [2.75, 3.05) is 0 Å². The number of piperidine rings is 1. The van der Waals surface area contributed by atoms with Gasteiger partial charge in [0.15, 0.2) is 0 Å². The maximum Gasteiger partial charge on any atom is 0.129 e. The summed E-state index contributed by atoms with van der Waals surface area (Å²) in [6.45, 7) is 1.93. The molecule has 0 aliphatic carbocycles. The van der Waals surface area contributed by atoms with Gasteiger partial charge < -0.3 is 10.4 Å². The average Bonchev–Trinajstić information content (AvgIpc) is 2.62. The monoisotopic (exact) mass is 235 g/mol. The Labute approximate surface area is 101 Å². The van der Waals surface area contributed by atoms with Crippen molar-refractivity contribution in [3.63, 3.8) is 0 Å². The van der Waals surface area contributed by atoms with E-state index in [1.54, 1.807) is 12.1 Å². The van der Waals surface area contributed by atoms with Crippen LogP contribution in [0.4, 0.5) is 4.39 Å². The molecule has 2 aliphatic heterocycles. The molecule has 2 fully saturated rings. The van der Waals surface area contributed by atoms with E-state index in [0.29, 0.717) is 30.5 Å². The van der Waals surface area contributed by atoms with Crippen molar-refractivity contribution in [1.29, 1.82) is 0 Å². The number of fused-ring (bicyclic) bond motifs is 2. The van der Waals surface area contributed by atoms with Gasteiger partial charge in [0.05, 0.1) is 5.60 Å². The summed E-state index contributed by atoms with van der Waals surface area (Å²) in [5, 5.41) is 14.2. The molecule has 2 saturated heterocycles. The first-order chi connectivity index (χ1) is 8.07. The Morgan fingerprint density at radius 1 is 1.29 bits per heavy atom. The largest absolute Gasteiger partial charge is 0.385 e. The summed E-state index contributed by atoms with van der Waals surface area (Å²) in [5.74, 6) is -0.278. The van der Waals surface area contributed by atoms with Crippen LogP contribution in [-0.2, 0) is 5.60 Å². The van der Waals surface area contributed by atoms with Gasteiger partial charge in [0.1, 0.15) is 5.82 Å². The van der Waals surface area contributed by atoms with Gasteiger partial charge in [-0.25, -0.2) is 4.39 Å². The number of halogens is 1. The molecule has 2 heterocycles. The van der Waals surface area contributed by atoms with E-state index >= 15 is 0 Å². The van der Waals surface area contributed by atoms with Gasteiger partial charge in [0.25, 0.3) is 0 Å². The SMILES string of the molecule is Cc1ccc(F)c(C2(O)CC3CCC(C2)N3)c1. The first-order valence-corrected chi connectivity index (χ1v) is 6.32. The standard InChI is InChI=1S/C14H18FNO/c1-9-2-5-13(15)12(6-9)14(17)7-10-3-4-11(8-14)16-10/h2,5-6,10-11,16-17H,3-4,7-8H2,1H3. The number of rotatable bonds is 1. The van der Waals surface area contributed by atoms with Crippen molar-refractivity contribution in [3.05, 3.63) is 35.1 Å². The lowest BCUT2D eigenvalue weighted by molar-refractivity contribution is -0.0144. The number of hydrogen-bond donors (Lipinski definition) is 2. The summed E-state index contributed by atoms with van der Waals surface area (Å²) in [6, 6.07) is 5.70. The topological polar surface area (TPSA) is 32.3 Å². The van der Waals surface area contributed by atoms with E-state index in [0.717, 1.165) is 18.4 Å². The maximum atomic E-state index is 13.9. The van der Waals surface area contributed by atoms with Crippen LogP contribution in [0.5, 0.6) is 0 Å². The van der Waals surface area contributed by atoms with E-state index in [9.17, 15) is 9.50 Å². The number of aryl methyl sites for hydroxylation is 1. The van der Waals surface area contributed by atoms with Crippen LogP contribution in [-0.4, -0.2) is 17.2 Å². The second-order valence-corrected chi connectivity index (χ2v) is 5.56. The fraction of sp³-hybridized carbons (Fsp3) is 0.571. The molecule has 3 rings (SSSR count). The van der Waals surface area contributed by atoms with Crippen molar-refractivity contribution in [2.45, 2.75) is 50.3 Å². The zero-order valence-corrected chi connectivity index (χ0v) is 10.0. The third kappa shape index (κ3) is 1.87. The highest BCUT2D eigenvalue weighted by Crippen LogP contribution is 2.41. The molecule has 0 amide bonds. The van der Waals surface area contributed by atoms with Crippen molar-refractivity contribution in [3.8, 4) is 0 Å². The molecule has 2 N–H and O–H groups in total. The van der Waals surface area contributed by atoms with E-state index < -0.39 is 5.60 Å². The summed E-state index contributed by atoms with van der Waals surface area (Å²) in [6.07, 6.45) is 3.45. The molecule has 0 spiro atoms. The predicted molar refractivity (Wildman–Crippen MR) is 64.2 cm³/mol. The van der Waals surface area contributed by atoms with Gasteiger partial charge in [-0.2, -0.15) is 0 Å². The highest BCUT2D eigenvalue weighted by molar-refractivity contribution is 5.30. The van der Waals surface area contributed by atoms with E-state index in [4.69, 9.17) is 0 Å². The highest BCUT2D eigenvalue weighted by atomic mass is 19.1. The van der Waals surface area contributed by atoms with Crippen LogP contribution in [0.1, 0.15) is 36.8 Å². The third-order valence-corrected chi connectivity index (χ3v) is 4.13. The number of benzene rings is 1. The number of aliphatic hydroxyl groups is 1. The quantitative estimate of drug-likeness (QED) is 0.782. The first kappa shape index (κ1) is 11.2. The Hall–Kier alpha value is -0.930. The smallest absolute Gasteiger partial charge is 0.129 e. The van der Waals surface area contributed by atoms with Crippen LogP contribution >= 0.6 is 0 Å². The van der Waals surface area contributed by atoms with E-state index in [1.165, 1.54) is 6.07 Å². The summed E-state index contributed by atoms with van der Waals surface area (Å²) >= 11 is 0. The van der Waals surface area contributed by atoms with Gasteiger partial charge >= 0.3 is 0 Å². The molecule has 2 bridgehead atoms. The van der Waals surface area contributed by atoms with Gasteiger partial charge in [-0.15, -0.1) is 0 Å². The lowest BCUT2D eigenvalue weighted by Crippen LogP contribution is -2.47. The molecule has 3 heteroatoms. The summed E-state index contributed by atoms with van der Waals surface area (Å²) < 4.78 is 13.9. The Kier molecular flexibility index (Phi) is 2.49.